The normalized spacial score (nSPS) is 13.1. The highest BCUT2D eigenvalue weighted by atomic mass is 16.6. The Kier molecular flexibility index (Phi) is 6.52. The van der Waals surface area contributed by atoms with Gasteiger partial charge in [-0.3, -0.25) is 4.79 Å². The molecule has 0 saturated heterocycles. The second-order valence-corrected chi connectivity index (χ2v) is 4.81. The molecule has 6 heteroatoms. The number of anilines is 1. The summed E-state index contributed by atoms with van der Waals surface area (Å²) in [5, 5.41) is 2.74. The zero-order valence-electron chi connectivity index (χ0n) is 12.6. The van der Waals surface area contributed by atoms with Crippen LogP contribution in [0.1, 0.15) is 27.2 Å². The lowest BCUT2D eigenvalue weighted by Crippen LogP contribution is -2.41. The molecule has 0 aliphatic heterocycles. The van der Waals surface area contributed by atoms with Crippen LogP contribution in [0.4, 0.5) is 5.69 Å². The van der Waals surface area contributed by atoms with Gasteiger partial charge < -0.3 is 20.5 Å². The van der Waals surface area contributed by atoms with Crippen molar-refractivity contribution in [1.82, 2.24) is 5.32 Å². The molecule has 0 fully saturated rings. The number of nitrogen functional groups attached to an aromatic ring is 1. The predicted molar refractivity (Wildman–Crippen MR) is 79.8 cm³/mol. The van der Waals surface area contributed by atoms with E-state index in [1.807, 2.05) is 13.8 Å². The minimum Gasteiger partial charge on any atom is -0.482 e. The number of nitrogens with two attached hydrogens (primary N) is 1. The molecule has 116 valence electrons. The number of amides is 1. The lowest BCUT2D eigenvalue weighted by molar-refractivity contribution is -0.156. The maximum Gasteiger partial charge on any atom is 0.344 e. The smallest absolute Gasteiger partial charge is 0.344 e. The van der Waals surface area contributed by atoms with E-state index >= 15 is 0 Å². The lowest BCUT2D eigenvalue weighted by Gasteiger charge is -2.16. The standard InChI is InChI=1S/C15H22N2O4/c1-4-10(2)17-15(19)11(3)21-14(18)9-20-13-7-5-12(16)6-8-13/h5-8,10-11H,4,9,16H2,1-3H3,(H,17,19). The van der Waals surface area contributed by atoms with E-state index in [0.717, 1.165) is 6.42 Å². The van der Waals surface area contributed by atoms with Crippen molar-refractivity contribution in [3.05, 3.63) is 24.3 Å². The Bertz CT molecular complexity index is 473. The van der Waals surface area contributed by atoms with Crippen LogP contribution in [0.2, 0.25) is 0 Å². The van der Waals surface area contributed by atoms with Crippen molar-refractivity contribution >= 4 is 17.6 Å². The zero-order valence-corrected chi connectivity index (χ0v) is 12.6. The summed E-state index contributed by atoms with van der Waals surface area (Å²) < 4.78 is 10.2. The fraction of sp³-hybridized carbons (Fsp3) is 0.467. The highest BCUT2D eigenvalue weighted by Gasteiger charge is 2.19. The van der Waals surface area contributed by atoms with Gasteiger partial charge in [0.2, 0.25) is 0 Å². The fourth-order valence-corrected chi connectivity index (χ4v) is 1.45. The molecule has 0 aliphatic carbocycles. The van der Waals surface area contributed by atoms with Gasteiger partial charge in [0, 0.05) is 11.7 Å². The number of carbonyl (C=O) groups excluding carboxylic acids is 2. The molecule has 1 aromatic carbocycles. The van der Waals surface area contributed by atoms with Crippen LogP contribution in [0.3, 0.4) is 0 Å². The molecule has 0 heterocycles. The Labute approximate surface area is 124 Å². The molecule has 1 amide bonds. The summed E-state index contributed by atoms with van der Waals surface area (Å²) in [4.78, 5) is 23.3. The third-order valence-corrected chi connectivity index (χ3v) is 2.92. The number of ether oxygens (including phenoxy) is 2. The molecule has 21 heavy (non-hydrogen) atoms. The molecular weight excluding hydrogens is 272 g/mol. The van der Waals surface area contributed by atoms with Crippen LogP contribution in [0.15, 0.2) is 24.3 Å². The molecule has 6 nitrogen and oxygen atoms in total. The minimum absolute atomic E-state index is 0.0460. The first-order chi connectivity index (χ1) is 9.92. The van der Waals surface area contributed by atoms with Gasteiger partial charge in [-0.15, -0.1) is 0 Å². The number of carbonyl (C=O) groups is 2. The number of hydrogen-bond acceptors (Lipinski definition) is 5. The van der Waals surface area contributed by atoms with Crippen molar-refractivity contribution < 1.29 is 19.1 Å². The van der Waals surface area contributed by atoms with Gasteiger partial charge in [-0.05, 0) is 44.5 Å². The van der Waals surface area contributed by atoms with Crippen molar-refractivity contribution in [3.8, 4) is 5.75 Å². The van der Waals surface area contributed by atoms with Gasteiger partial charge in [-0.25, -0.2) is 4.79 Å². The second-order valence-electron chi connectivity index (χ2n) is 4.81. The Morgan fingerprint density at radius 3 is 2.43 bits per heavy atom. The number of nitrogens with one attached hydrogen (secondary N) is 1. The summed E-state index contributed by atoms with van der Waals surface area (Å²) in [6, 6.07) is 6.69. The molecule has 1 rings (SSSR count). The van der Waals surface area contributed by atoms with E-state index in [9.17, 15) is 9.59 Å². The Balaban J connectivity index is 2.35. The van der Waals surface area contributed by atoms with Crippen molar-refractivity contribution in [1.29, 1.82) is 0 Å². The van der Waals surface area contributed by atoms with E-state index in [-0.39, 0.29) is 18.6 Å². The summed E-state index contributed by atoms with van der Waals surface area (Å²) >= 11 is 0. The Morgan fingerprint density at radius 2 is 1.86 bits per heavy atom. The highest BCUT2D eigenvalue weighted by molar-refractivity contribution is 5.83. The monoisotopic (exact) mass is 294 g/mol. The first kappa shape index (κ1) is 16.8. The van der Waals surface area contributed by atoms with Crippen molar-refractivity contribution in [3.63, 3.8) is 0 Å². The molecular formula is C15H22N2O4. The molecule has 0 saturated carbocycles. The predicted octanol–water partition coefficient (Wildman–Crippen LogP) is 1.49. The summed E-state index contributed by atoms with van der Waals surface area (Å²) in [6.45, 7) is 5.11. The van der Waals surface area contributed by atoms with Crippen LogP contribution in [-0.2, 0) is 14.3 Å². The van der Waals surface area contributed by atoms with Crippen LogP contribution in [-0.4, -0.2) is 30.6 Å². The Hall–Kier alpha value is -2.24. The summed E-state index contributed by atoms with van der Waals surface area (Å²) in [7, 11) is 0. The summed E-state index contributed by atoms with van der Waals surface area (Å²) in [6.07, 6.45) is -0.0337. The van der Waals surface area contributed by atoms with Crippen LogP contribution in [0.25, 0.3) is 0 Å². The van der Waals surface area contributed by atoms with Gasteiger partial charge >= 0.3 is 5.97 Å². The van der Waals surface area contributed by atoms with E-state index in [0.29, 0.717) is 11.4 Å². The lowest BCUT2D eigenvalue weighted by atomic mass is 10.2. The van der Waals surface area contributed by atoms with Crippen LogP contribution < -0.4 is 15.8 Å². The molecule has 2 atom stereocenters. The highest BCUT2D eigenvalue weighted by Crippen LogP contribution is 2.13. The molecule has 0 radical (unpaired) electrons. The van der Waals surface area contributed by atoms with Crippen molar-refractivity contribution in [2.24, 2.45) is 0 Å². The number of rotatable bonds is 7. The molecule has 0 bridgehead atoms. The Morgan fingerprint density at radius 1 is 1.24 bits per heavy atom. The minimum atomic E-state index is -0.846. The molecule has 0 aromatic heterocycles. The third kappa shape index (κ3) is 6.16. The fourth-order valence-electron chi connectivity index (χ4n) is 1.45. The maximum absolute atomic E-state index is 11.7. The molecule has 2 unspecified atom stereocenters. The van der Waals surface area contributed by atoms with Crippen molar-refractivity contribution in [2.45, 2.75) is 39.3 Å². The molecule has 0 spiro atoms. The van der Waals surface area contributed by atoms with Gasteiger partial charge in [0.1, 0.15) is 5.75 Å². The topological polar surface area (TPSA) is 90.6 Å². The first-order valence-corrected chi connectivity index (χ1v) is 6.90. The van der Waals surface area contributed by atoms with Gasteiger partial charge in [0.05, 0.1) is 0 Å². The van der Waals surface area contributed by atoms with Gasteiger partial charge in [-0.1, -0.05) is 6.92 Å². The van der Waals surface area contributed by atoms with Gasteiger partial charge in [-0.2, -0.15) is 0 Å². The van der Waals surface area contributed by atoms with Crippen LogP contribution >= 0.6 is 0 Å². The number of hydrogen-bond donors (Lipinski definition) is 2. The van der Waals surface area contributed by atoms with Crippen LogP contribution in [0, 0.1) is 0 Å². The largest absolute Gasteiger partial charge is 0.482 e. The molecule has 1 aromatic rings. The SMILES string of the molecule is CCC(C)NC(=O)C(C)OC(=O)COc1ccc(N)cc1. The van der Waals surface area contributed by atoms with E-state index in [2.05, 4.69) is 5.32 Å². The van der Waals surface area contributed by atoms with Crippen LogP contribution in [0.5, 0.6) is 5.75 Å². The zero-order chi connectivity index (χ0) is 15.8. The van der Waals surface area contributed by atoms with E-state index in [4.69, 9.17) is 15.2 Å². The quantitative estimate of drug-likeness (QED) is 0.587. The molecule has 0 aliphatic rings. The van der Waals surface area contributed by atoms with Gasteiger partial charge in [0.15, 0.2) is 12.7 Å². The first-order valence-electron chi connectivity index (χ1n) is 6.90. The second kappa shape index (κ2) is 8.14. The van der Waals surface area contributed by atoms with E-state index < -0.39 is 12.1 Å². The maximum atomic E-state index is 11.7. The van der Waals surface area contributed by atoms with Gasteiger partial charge in [0.25, 0.3) is 5.91 Å². The number of esters is 1. The van der Waals surface area contributed by atoms with E-state index in [1.165, 1.54) is 6.92 Å². The third-order valence-electron chi connectivity index (χ3n) is 2.92. The number of benzene rings is 1. The average molecular weight is 294 g/mol. The summed E-state index contributed by atoms with van der Waals surface area (Å²) in [5.74, 6) is -0.401. The summed E-state index contributed by atoms with van der Waals surface area (Å²) in [5.41, 5.74) is 6.15. The average Bonchev–Trinajstić information content (AvgIpc) is 2.46. The van der Waals surface area contributed by atoms with Crippen molar-refractivity contribution in [2.75, 3.05) is 12.3 Å². The van der Waals surface area contributed by atoms with E-state index in [1.54, 1.807) is 24.3 Å². The molecule has 3 N–H and O–H groups in total.